The van der Waals surface area contributed by atoms with Crippen LogP contribution in [0, 0.1) is 5.92 Å². The molecule has 0 heterocycles. The molecule has 0 unspecified atom stereocenters. The van der Waals surface area contributed by atoms with Gasteiger partial charge in [-0.3, -0.25) is 14.4 Å². The third kappa shape index (κ3) is 1.90. The molecule has 0 aromatic heterocycles. The molecule has 0 atom stereocenters. The van der Waals surface area contributed by atoms with Gasteiger partial charge in [0.15, 0.2) is 0 Å². The van der Waals surface area contributed by atoms with Crippen molar-refractivity contribution < 1.29 is 19.1 Å². The summed E-state index contributed by atoms with van der Waals surface area (Å²) in [5.74, 6) is -1.33. The zero-order chi connectivity index (χ0) is 9.14. The van der Waals surface area contributed by atoms with Crippen LogP contribution in [-0.4, -0.2) is 24.6 Å². The van der Waals surface area contributed by atoms with Crippen molar-refractivity contribution in [3.05, 3.63) is 0 Å². The number of Topliss-reactive ketones (excluding diaryl/α,β-unsaturated/α-hetero) is 2. The van der Waals surface area contributed by atoms with Crippen LogP contribution >= 0.6 is 0 Å². The molecule has 66 valence electrons. The Labute approximate surface area is 69.9 Å². The van der Waals surface area contributed by atoms with Gasteiger partial charge in [0.1, 0.15) is 11.6 Å². The van der Waals surface area contributed by atoms with Gasteiger partial charge >= 0.3 is 5.97 Å². The van der Waals surface area contributed by atoms with Crippen LogP contribution in [0.5, 0.6) is 0 Å². The minimum atomic E-state index is -0.538. The highest BCUT2D eigenvalue weighted by Gasteiger charge is 2.30. The smallest absolute Gasteiger partial charge is 0.309 e. The summed E-state index contributed by atoms with van der Waals surface area (Å²) in [4.78, 5) is 32.7. The average Bonchev–Trinajstić information content (AvgIpc) is 2.01. The number of methoxy groups -OCH3 is 1. The molecule has 4 heteroatoms. The van der Waals surface area contributed by atoms with Crippen LogP contribution in [-0.2, 0) is 19.1 Å². The Hall–Kier alpha value is -1.19. The van der Waals surface area contributed by atoms with E-state index in [1.54, 1.807) is 0 Å². The first kappa shape index (κ1) is 8.90. The highest BCUT2D eigenvalue weighted by molar-refractivity contribution is 6.04. The molecular weight excluding hydrogens is 160 g/mol. The topological polar surface area (TPSA) is 60.4 Å². The van der Waals surface area contributed by atoms with E-state index < -0.39 is 11.9 Å². The monoisotopic (exact) mass is 170 g/mol. The summed E-state index contributed by atoms with van der Waals surface area (Å²) in [5, 5.41) is 0. The second-order valence-electron chi connectivity index (χ2n) is 2.88. The summed E-state index contributed by atoms with van der Waals surface area (Å²) in [6, 6.07) is 0. The maximum atomic E-state index is 10.9. The van der Waals surface area contributed by atoms with Crippen molar-refractivity contribution >= 4 is 17.5 Å². The van der Waals surface area contributed by atoms with Crippen molar-refractivity contribution in [3.63, 3.8) is 0 Å². The van der Waals surface area contributed by atoms with Crippen LogP contribution in [0.1, 0.15) is 19.3 Å². The van der Waals surface area contributed by atoms with Gasteiger partial charge in [0.25, 0.3) is 0 Å². The van der Waals surface area contributed by atoms with Crippen molar-refractivity contribution in [2.75, 3.05) is 7.11 Å². The number of hydrogen-bond acceptors (Lipinski definition) is 4. The van der Waals surface area contributed by atoms with Gasteiger partial charge in [-0.05, 0) is 0 Å². The maximum absolute atomic E-state index is 10.9. The molecule has 0 N–H and O–H groups in total. The molecular formula is C8H10O4. The SMILES string of the molecule is COC(=O)C1CC(=O)CC(=O)C1. The van der Waals surface area contributed by atoms with Gasteiger partial charge < -0.3 is 4.74 Å². The van der Waals surface area contributed by atoms with Gasteiger partial charge in [0.05, 0.1) is 19.4 Å². The van der Waals surface area contributed by atoms with E-state index in [2.05, 4.69) is 4.74 Å². The van der Waals surface area contributed by atoms with E-state index in [0.29, 0.717) is 0 Å². The van der Waals surface area contributed by atoms with Crippen molar-refractivity contribution in [1.29, 1.82) is 0 Å². The van der Waals surface area contributed by atoms with E-state index in [1.807, 2.05) is 0 Å². The van der Waals surface area contributed by atoms with Crippen LogP contribution in [0.25, 0.3) is 0 Å². The van der Waals surface area contributed by atoms with Gasteiger partial charge in [-0.2, -0.15) is 0 Å². The quantitative estimate of drug-likeness (QED) is 0.413. The second-order valence-corrected chi connectivity index (χ2v) is 2.88. The number of esters is 1. The predicted molar refractivity (Wildman–Crippen MR) is 39.4 cm³/mol. The molecule has 0 radical (unpaired) electrons. The van der Waals surface area contributed by atoms with Gasteiger partial charge in [0, 0.05) is 12.8 Å². The first-order valence-corrected chi connectivity index (χ1v) is 3.74. The van der Waals surface area contributed by atoms with Gasteiger partial charge in [-0.1, -0.05) is 0 Å². The van der Waals surface area contributed by atoms with Crippen molar-refractivity contribution in [1.82, 2.24) is 0 Å². The number of ether oxygens (including phenoxy) is 1. The molecule has 0 saturated heterocycles. The summed E-state index contributed by atoms with van der Waals surface area (Å²) >= 11 is 0. The predicted octanol–water partition coefficient (Wildman–Crippen LogP) is 0.0977. The van der Waals surface area contributed by atoms with Crippen molar-refractivity contribution in [2.24, 2.45) is 5.92 Å². The van der Waals surface area contributed by atoms with Crippen LogP contribution in [0.3, 0.4) is 0 Å². The summed E-state index contributed by atoms with van der Waals surface area (Å²) in [5.41, 5.74) is 0. The normalized spacial score (nSPS) is 19.4. The van der Waals surface area contributed by atoms with E-state index in [1.165, 1.54) is 7.11 Å². The summed E-state index contributed by atoms with van der Waals surface area (Å²) in [6.45, 7) is 0. The van der Waals surface area contributed by atoms with E-state index in [0.717, 1.165) is 0 Å². The number of rotatable bonds is 1. The third-order valence-corrected chi connectivity index (χ3v) is 1.88. The summed E-state index contributed by atoms with van der Waals surface area (Å²) in [7, 11) is 1.26. The molecule has 1 rings (SSSR count). The molecule has 4 nitrogen and oxygen atoms in total. The Morgan fingerprint density at radius 3 is 2.25 bits per heavy atom. The van der Waals surface area contributed by atoms with E-state index in [4.69, 9.17) is 0 Å². The first-order chi connectivity index (χ1) is 5.63. The Morgan fingerprint density at radius 1 is 1.33 bits per heavy atom. The van der Waals surface area contributed by atoms with E-state index in [-0.39, 0.29) is 30.8 Å². The van der Waals surface area contributed by atoms with Gasteiger partial charge in [-0.25, -0.2) is 0 Å². The highest BCUT2D eigenvalue weighted by atomic mass is 16.5. The summed E-state index contributed by atoms with van der Waals surface area (Å²) < 4.78 is 4.44. The standard InChI is InChI=1S/C8H10O4/c1-12-8(11)5-2-6(9)4-7(10)3-5/h5H,2-4H2,1H3. The zero-order valence-electron chi connectivity index (χ0n) is 6.83. The fourth-order valence-corrected chi connectivity index (χ4v) is 1.32. The lowest BCUT2D eigenvalue weighted by Crippen LogP contribution is -2.28. The Morgan fingerprint density at radius 2 is 1.83 bits per heavy atom. The molecule has 0 aliphatic heterocycles. The molecule has 1 saturated carbocycles. The lowest BCUT2D eigenvalue weighted by atomic mass is 9.87. The Bertz CT molecular complexity index is 215. The molecule has 0 amide bonds. The number of carbonyl (C=O) groups is 3. The maximum Gasteiger partial charge on any atom is 0.309 e. The number of carbonyl (C=O) groups excluding carboxylic acids is 3. The molecule has 12 heavy (non-hydrogen) atoms. The lowest BCUT2D eigenvalue weighted by Gasteiger charge is -2.16. The molecule has 0 aromatic rings. The van der Waals surface area contributed by atoms with Crippen molar-refractivity contribution in [3.8, 4) is 0 Å². The van der Waals surface area contributed by atoms with Gasteiger partial charge in [-0.15, -0.1) is 0 Å². The molecule has 1 aliphatic carbocycles. The fourth-order valence-electron chi connectivity index (χ4n) is 1.32. The first-order valence-electron chi connectivity index (χ1n) is 3.74. The van der Waals surface area contributed by atoms with E-state index in [9.17, 15) is 14.4 Å². The van der Waals surface area contributed by atoms with Crippen LogP contribution in [0.2, 0.25) is 0 Å². The largest absolute Gasteiger partial charge is 0.469 e. The molecule has 1 aliphatic rings. The Kier molecular flexibility index (Phi) is 2.58. The molecule has 0 bridgehead atoms. The van der Waals surface area contributed by atoms with Crippen molar-refractivity contribution in [2.45, 2.75) is 19.3 Å². The van der Waals surface area contributed by atoms with Gasteiger partial charge in [0.2, 0.25) is 0 Å². The minimum Gasteiger partial charge on any atom is -0.469 e. The highest BCUT2D eigenvalue weighted by Crippen LogP contribution is 2.19. The molecule has 1 fully saturated rings. The average molecular weight is 170 g/mol. The summed E-state index contributed by atoms with van der Waals surface area (Å²) in [6.07, 6.45) is 0.282. The molecule has 0 aromatic carbocycles. The fraction of sp³-hybridized carbons (Fsp3) is 0.625. The number of hydrogen-bond donors (Lipinski definition) is 0. The second kappa shape index (κ2) is 3.47. The Balaban J connectivity index is 2.61. The third-order valence-electron chi connectivity index (χ3n) is 1.88. The lowest BCUT2D eigenvalue weighted by molar-refractivity contribution is -0.150. The minimum absolute atomic E-state index is 0.0203. The number of ketones is 2. The molecule has 0 spiro atoms. The van der Waals surface area contributed by atoms with E-state index >= 15 is 0 Å². The van der Waals surface area contributed by atoms with Crippen LogP contribution < -0.4 is 0 Å². The van der Waals surface area contributed by atoms with Crippen LogP contribution in [0.4, 0.5) is 0 Å². The van der Waals surface area contributed by atoms with Crippen LogP contribution in [0.15, 0.2) is 0 Å². The zero-order valence-corrected chi connectivity index (χ0v) is 6.83.